The van der Waals surface area contributed by atoms with Crippen molar-refractivity contribution in [3.8, 4) is 0 Å². The predicted octanol–water partition coefficient (Wildman–Crippen LogP) is 5.33. The molecule has 2 atom stereocenters. The number of ether oxygens (including phenoxy) is 1. The van der Waals surface area contributed by atoms with Gasteiger partial charge in [-0.25, -0.2) is 4.79 Å². The SMILES string of the molecule is C=CCC1(CC=C)CC2C(c3cccc(C)c3C)N(C(=O)OC(C)(C)C)CCN2C1=O. The van der Waals surface area contributed by atoms with Crippen molar-refractivity contribution in [2.45, 2.75) is 71.6 Å². The Morgan fingerprint density at radius 1 is 1.19 bits per heavy atom. The maximum absolute atomic E-state index is 13.6. The molecule has 2 fully saturated rings. The van der Waals surface area contributed by atoms with Crippen molar-refractivity contribution in [2.24, 2.45) is 5.41 Å². The minimum atomic E-state index is -0.582. The predicted molar refractivity (Wildman–Crippen MR) is 124 cm³/mol. The largest absolute Gasteiger partial charge is 0.444 e. The summed E-state index contributed by atoms with van der Waals surface area (Å²) in [5.41, 5.74) is 2.29. The fourth-order valence-electron chi connectivity index (χ4n) is 5.14. The summed E-state index contributed by atoms with van der Waals surface area (Å²) in [4.78, 5) is 30.6. The number of piperazine rings is 1. The molecule has 0 radical (unpaired) electrons. The summed E-state index contributed by atoms with van der Waals surface area (Å²) in [5.74, 6) is 0.149. The van der Waals surface area contributed by atoms with Crippen molar-refractivity contribution >= 4 is 12.0 Å². The van der Waals surface area contributed by atoms with E-state index in [4.69, 9.17) is 4.74 Å². The van der Waals surface area contributed by atoms with Crippen LogP contribution in [0.25, 0.3) is 0 Å². The second-order valence-electron chi connectivity index (χ2n) is 9.94. The molecule has 5 nitrogen and oxygen atoms in total. The molecule has 2 saturated heterocycles. The first-order valence-corrected chi connectivity index (χ1v) is 11.1. The molecule has 3 rings (SSSR count). The van der Waals surface area contributed by atoms with Crippen LogP contribution in [0.4, 0.5) is 4.79 Å². The second kappa shape index (κ2) is 8.52. The lowest BCUT2D eigenvalue weighted by molar-refractivity contribution is -0.139. The van der Waals surface area contributed by atoms with Crippen LogP contribution in [0.5, 0.6) is 0 Å². The molecule has 0 saturated carbocycles. The van der Waals surface area contributed by atoms with Crippen molar-refractivity contribution < 1.29 is 14.3 Å². The Morgan fingerprint density at radius 2 is 1.84 bits per heavy atom. The third-order valence-electron chi connectivity index (χ3n) is 6.66. The van der Waals surface area contributed by atoms with Gasteiger partial charge in [0.2, 0.25) is 5.91 Å². The van der Waals surface area contributed by atoms with E-state index in [9.17, 15) is 9.59 Å². The molecule has 0 spiro atoms. The standard InChI is InChI=1S/C26H36N2O3/c1-8-13-26(14-9-2)17-21-22(20-12-10-11-18(3)19(20)4)28(16-15-27(21)23(26)29)24(30)31-25(5,6)7/h8-12,21-22H,1-2,13-17H2,3-7H3. The van der Waals surface area contributed by atoms with E-state index < -0.39 is 11.0 Å². The molecule has 0 N–H and O–H groups in total. The van der Waals surface area contributed by atoms with Gasteiger partial charge in [0, 0.05) is 13.1 Å². The number of fused-ring (bicyclic) bond motifs is 1. The van der Waals surface area contributed by atoms with Crippen molar-refractivity contribution in [1.29, 1.82) is 0 Å². The van der Waals surface area contributed by atoms with Crippen molar-refractivity contribution in [2.75, 3.05) is 13.1 Å². The zero-order valence-corrected chi connectivity index (χ0v) is 19.6. The van der Waals surface area contributed by atoms with Crippen molar-refractivity contribution in [3.05, 3.63) is 60.2 Å². The Morgan fingerprint density at radius 3 is 2.42 bits per heavy atom. The average molecular weight is 425 g/mol. The summed E-state index contributed by atoms with van der Waals surface area (Å²) in [7, 11) is 0. The summed E-state index contributed by atoms with van der Waals surface area (Å²) in [5, 5.41) is 0. The Hall–Kier alpha value is -2.56. The van der Waals surface area contributed by atoms with E-state index in [1.165, 1.54) is 5.56 Å². The topological polar surface area (TPSA) is 49.9 Å². The maximum atomic E-state index is 13.6. The van der Waals surface area contributed by atoms with Crippen molar-refractivity contribution in [1.82, 2.24) is 9.80 Å². The molecule has 31 heavy (non-hydrogen) atoms. The van der Waals surface area contributed by atoms with Crippen molar-refractivity contribution in [3.63, 3.8) is 0 Å². The van der Waals surface area contributed by atoms with Crippen LogP contribution in [0.2, 0.25) is 0 Å². The summed E-state index contributed by atoms with van der Waals surface area (Å²) in [6.07, 6.45) is 5.22. The molecule has 0 aromatic heterocycles. The second-order valence-corrected chi connectivity index (χ2v) is 9.94. The lowest BCUT2D eigenvalue weighted by Crippen LogP contribution is -2.56. The van der Waals surface area contributed by atoms with Gasteiger partial charge in [0.1, 0.15) is 5.60 Å². The van der Waals surface area contributed by atoms with Gasteiger partial charge in [0.05, 0.1) is 17.5 Å². The fourth-order valence-corrected chi connectivity index (χ4v) is 5.14. The summed E-state index contributed by atoms with van der Waals surface area (Å²) in [6.45, 7) is 18.6. The molecule has 0 aliphatic carbocycles. The monoisotopic (exact) mass is 424 g/mol. The van der Waals surface area contributed by atoms with Gasteiger partial charge in [0.25, 0.3) is 0 Å². The highest BCUT2D eigenvalue weighted by molar-refractivity contribution is 5.86. The third-order valence-corrected chi connectivity index (χ3v) is 6.66. The van der Waals surface area contributed by atoms with E-state index in [1.54, 1.807) is 0 Å². The van der Waals surface area contributed by atoms with Gasteiger partial charge in [0.15, 0.2) is 0 Å². The molecule has 1 aromatic rings. The zero-order valence-electron chi connectivity index (χ0n) is 19.6. The minimum absolute atomic E-state index is 0.103. The Kier molecular flexibility index (Phi) is 6.35. The average Bonchev–Trinajstić information content (AvgIpc) is 2.95. The molecule has 2 heterocycles. The number of carbonyl (C=O) groups excluding carboxylic acids is 2. The Labute approximate surface area is 186 Å². The Balaban J connectivity index is 2.09. The molecule has 1 aromatic carbocycles. The number of hydrogen-bond donors (Lipinski definition) is 0. The van der Waals surface area contributed by atoms with Gasteiger partial charge in [-0.2, -0.15) is 0 Å². The number of hydrogen-bond acceptors (Lipinski definition) is 3. The van der Waals surface area contributed by atoms with Crippen LogP contribution in [0, 0.1) is 19.3 Å². The van der Waals surface area contributed by atoms with Gasteiger partial charge in [-0.1, -0.05) is 30.4 Å². The molecular formula is C26H36N2O3. The molecular weight excluding hydrogens is 388 g/mol. The number of aryl methyl sites for hydroxylation is 1. The van der Waals surface area contributed by atoms with Gasteiger partial charge >= 0.3 is 6.09 Å². The van der Waals surface area contributed by atoms with E-state index in [2.05, 4.69) is 39.1 Å². The normalized spacial score (nSPS) is 22.8. The zero-order chi connectivity index (χ0) is 23.0. The first-order chi connectivity index (χ1) is 14.5. The summed E-state index contributed by atoms with van der Waals surface area (Å²) >= 11 is 0. The van der Waals surface area contributed by atoms with Crippen LogP contribution in [0.1, 0.15) is 62.8 Å². The molecule has 2 unspecified atom stereocenters. The first-order valence-electron chi connectivity index (χ1n) is 11.1. The number of nitrogens with zero attached hydrogens (tertiary/aromatic N) is 2. The number of allylic oxidation sites excluding steroid dienone is 2. The van der Waals surface area contributed by atoms with Gasteiger partial charge in [-0.3, -0.25) is 9.69 Å². The summed E-state index contributed by atoms with van der Waals surface area (Å²) in [6, 6.07) is 5.84. The molecule has 2 amide bonds. The van der Waals surface area contributed by atoms with Gasteiger partial charge in [-0.15, -0.1) is 13.2 Å². The lowest BCUT2D eigenvalue weighted by atomic mass is 9.76. The molecule has 5 heteroatoms. The highest BCUT2D eigenvalue weighted by Crippen LogP contribution is 2.49. The Bertz CT molecular complexity index is 873. The van der Waals surface area contributed by atoms with Crippen LogP contribution < -0.4 is 0 Å². The number of amides is 2. The van der Waals surface area contributed by atoms with E-state index in [-0.39, 0.29) is 24.1 Å². The number of rotatable bonds is 5. The lowest BCUT2D eigenvalue weighted by Gasteiger charge is -2.45. The minimum Gasteiger partial charge on any atom is -0.444 e. The van der Waals surface area contributed by atoms with E-state index in [0.29, 0.717) is 32.4 Å². The quantitative estimate of drug-likeness (QED) is 0.600. The maximum Gasteiger partial charge on any atom is 0.410 e. The van der Waals surface area contributed by atoms with Crippen LogP contribution in [0.3, 0.4) is 0 Å². The third kappa shape index (κ3) is 4.28. The molecule has 2 aliphatic heterocycles. The molecule has 2 aliphatic rings. The smallest absolute Gasteiger partial charge is 0.410 e. The van der Waals surface area contributed by atoms with Gasteiger partial charge in [-0.05, 0) is 70.6 Å². The highest BCUT2D eigenvalue weighted by Gasteiger charge is 2.56. The van der Waals surface area contributed by atoms with E-state index in [0.717, 1.165) is 11.1 Å². The van der Waals surface area contributed by atoms with Crippen LogP contribution in [-0.2, 0) is 9.53 Å². The van der Waals surface area contributed by atoms with Crippen LogP contribution >= 0.6 is 0 Å². The molecule has 168 valence electrons. The highest BCUT2D eigenvalue weighted by atomic mass is 16.6. The first kappa shape index (κ1) is 23.1. The van der Waals surface area contributed by atoms with Crippen LogP contribution in [-0.4, -0.2) is 46.5 Å². The number of benzene rings is 1. The number of carbonyl (C=O) groups is 2. The van der Waals surface area contributed by atoms with Crippen LogP contribution in [0.15, 0.2) is 43.5 Å². The fraction of sp³-hybridized carbons (Fsp3) is 0.538. The molecule has 0 bridgehead atoms. The van der Waals surface area contributed by atoms with Gasteiger partial charge < -0.3 is 9.64 Å². The summed E-state index contributed by atoms with van der Waals surface area (Å²) < 4.78 is 5.77. The van der Waals surface area contributed by atoms with E-state index in [1.807, 2.05) is 48.8 Å². The van der Waals surface area contributed by atoms with E-state index >= 15 is 0 Å².